The summed E-state index contributed by atoms with van der Waals surface area (Å²) in [5, 5.41) is 36.2. The molecule has 0 aliphatic rings. The summed E-state index contributed by atoms with van der Waals surface area (Å²) in [5.74, 6) is -0.604. The maximum atomic E-state index is 8.36. The Bertz CT molecular complexity index is 843. The summed E-state index contributed by atoms with van der Waals surface area (Å²) in [6.45, 7) is 0. The van der Waals surface area contributed by atoms with Gasteiger partial charge in [0.1, 0.15) is 12.1 Å². The molecule has 0 atom stereocenters. The molecule has 0 saturated heterocycles. The molecule has 0 radical (unpaired) electrons. The van der Waals surface area contributed by atoms with Gasteiger partial charge in [0.2, 0.25) is 23.3 Å². The highest BCUT2D eigenvalue weighted by Crippen LogP contribution is 2.08. The molecule has 0 aliphatic heterocycles. The number of nitrogens with zero attached hydrogens (tertiary/aromatic N) is 14. The largest absolute Gasteiger partial charge is 0.381 e. The number of rotatable bonds is 2. The van der Waals surface area contributed by atoms with Gasteiger partial charge in [0.15, 0.2) is 11.6 Å². The van der Waals surface area contributed by atoms with Crippen LogP contribution < -0.4 is 11.5 Å². The van der Waals surface area contributed by atoms with Crippen LogP contribution in [0, 0.1) is 22.7 Å². The quantitative estimate of drug-likeness (QED) is 0.438. The molecule has 2 rings (SSSR count). The average molecular weight is 324 g/mol. The van der Waals surface area contributed by atoms with E-state index >= 15 is 0 Å². The first-order chi connectivity index (χ1) is 11.5. The smallest absolute Gasteiger partial charge is 0.240 e. The fourth-order valence-corrected chi connectivity index (χ4v) is 0.982. The summed E-state index contributed by atoms with van der Waals surface area (Å²) < 4.78 is 0. The Morgan fingerprint density at radius 1 is 0.792 bits per heavy atom. The van der Waals surface area contributed by atoms with Gasteiger partial charge in [-0.1, -0.05) is 0 Å². The molecule has 2 aromatic heterocycles. The minimum Gasteiger partial charge on any atom is -0.381 e. The lowest BCUT2D eigenvalue weighted by Gasteiger charge is -1.92. The van der Waals surface area contributed by atoms with Gasteiger partial charge in [0.25, 0.3) is 0 Å². The highest BCUT2D eigenvalue weighted by molar-refractivity contribution is 5.44. The van der Waals surface area contributed by atoms with Crippen LogP contribution in [-0.4, -0.2) is 30.4 Å². The number of hydrogen-bond acceptors (Lipinski definition) is 12. The zero-order chi connectivity index (χ0) is 17.9. The number of aromatic nitrogens is 6. The highest BCUT2D eigenvalue weighted by atomic mass is 15.3. The molecule has 2 heterocycles. The lowest BCUT2D eigenvalue weighted by atomic mass is 10.5. The van der Waals surface area contributed by atoms with E-state index in [1.165, 1.54) is 0 Å². The van der Waals surface area contributed by atoms with Crippen LogP contribution >= 0.6 is 0 Å². The minimum absolute atomic E-state index is 0.0908. The van der Waals surface area contributed by atoms with Crippen molar-refractivity contribution in [1.29, 1.82) is 10.5 Å². The molecular weight excluding hydrogens is 320 g/mol. The number of azide groups is 2. The van der Waals surface area contributed by atoms with Crippen molar-refractivity contribution in [3.63, 3.8) is 0 Å². The van der Waals surface area contributed by atoms with E-state index < -0.39 is 0 Å². The fourth-order valence-electron chi connectivity index (χ4n) is 0.982. The van der Waals surface area contributed by atoms with Gasteiger partial charge in [-0.15, -0.1) is 20.4 Å². The summed E-state index contributed by atoms with van der Waals surface area (Å²) in [4.78, 5) is 11.8. The Morgan fingerprint density at radius 2 is 1.17 bits per heavy atom. The molecule has 0 spiro atoms. The van der Waals surface area contributed by atoms with Crippen LogP contribution in [0.5, 0.6) is 0 Å². The van der Waals surface area contributed by atoms with Crippen molar-refractivity contribution in [3.8, 4) is 12.1 Å². The molecule has 16 heteroatoms. The topological polar surface area (TPSA) is 274 Å². The van der Waals surface area contributed by atoms with Gasteiger partial charge >= 0.3 is 0 Å². The SMILES string of the molecule is N#Cc1nnc(N=[N+]=[N-])nc1N.N#Cc1nnc(N=[N+]=[N-])nc1N. The van der Waals surface area contributed by atoms with Gasteiger partial charge in [-0.2, -0.15) is 10.5 Å². The molecule has 16 nitrogen and oxygen atoms in total. The standard InChI is InChI=1S/2C4H2N8/c2*5-1-2-3(6)8-4(10-9-2)11-12-7/h2*(H2,6,8,10). The van der Waals surface area contributed by atoms with Crippen LogP contribution in [-0.2, 0) is 0 Å². The summed E-state index contributed by atoms with van der Waals surface area (Å²) in [6.07, 6.45) is 0. The summed E-state index contributed by atoms with van der Waals surface area (Å²) >= 11 is 0. The van der Waals surface area contributed by atoms with Gasteiger partial charge in [-0.05, 0) is 21.3 Å². The summed E-state index contributed by atoms with van der Waals surface area (Å²) in [5.41, 5.74) is 26.3. The van der Waals surface area contributed by atoms with Crippen molar-refractivity contribution in [2.24, 2.45) is 10.2 Å². The van der Waals surface area contributed by atoms with E-state index in [1.54, 1.807) is 12.1 Å². The Morgan fingerprint density at radius 3 is 1.42 bits per heavy atom. The second kappa shape index (κ2) is 8.49. The van der Waals surface area contributed by atoms with Crippen LogP contribution in [0.3, 0.4) is 0 Å². The van der Waals surface area contributed by atoms with Gasteiger partial charge in [0.05, 0.1) is 0 Å². The first-order valence-corrected chi connectivity index (χ1v) is 5.46. The molecule has 0 saturated carbocycles. The molecule has 0 aromatic carbocycles. The van der Waals surface area contributed by atoms with Crippen LogP contribution in [0.25, 0.3) is 20.9 Å². The predicted molar refractivity (Wildman–Crippen MR) is 75.5 cm³/mol. The van der Waals surface area contributed by atoms with Crippen LogP contribution in [0.1, 0.15) is 11.4 Å². The predicted octanol–water partition coefficient (Wildman–Crippen LogP) is 0.535. The third kappa shape index (κ3) is 4.65. The van der Waals surface area contributed by atoms with E-state index in [-0.39, 0.29) is 34.9 Å². The van der Waals surface area contributed by atoms with Crippen molar-refractivity contribution in [3.05, 3.63) is 32.3 Å². The lowest BCUT2D eigenvalue weighted by molar-refractivity contribution is 0.950. The Kier molecular flexibility index (Phi) is 6.11. The fraction of sp³-hybridized carbons (Fsp3) is 0. The summed E-state index contributed by atoms with van der Waals surface area (Å²) in [7, 11) is 0. The molecular formula is C8H4N16. The van der Waals surface area contributed by atoms with Gasteiger partial charge in [0, 0.05) is 9.82 Å². The monoisotopic (exact) mass is 324 g/mol. The maximum Gasteiger partial charge on any atom is 0.240 e. The van der Waals surface area contributed by atoms with Crippen molar-refractivity contribution in [2.45, 2.75) is 0 Å². The van der Waals surface area contributed by atoms with Gasteiger partial charge in [-0.25, -0.2) is 9.97 Å². The molecule has 116 valence electrons. The van der Waals surface area contributed by atoms with Crippen molar-refractivity contribution >= 4 is 23.5 Å². The van der Waals surface area contributed by atoms with Crippen molar-refractivity contribution < 1.29 is 0 Å². The Hall–Kier alpha value is -4.78. The molecule has 0 bridgehead atoms. The number of anilines is 2. The second-order valence-electron chi connectivity index (χ2n) is 3.29. The van der Waals surface area contributed by atoms with Crippen molar-refractivity contribution in [1.82, 2.24) is 30.4 Å². The number of nitrogens with two attached hydrogens (primary N) is 2. The Labute approximate surface area is 131 Å². The number of nitrogen functional groups attached to an aromatic ring is 2. The van der Waals surface area contributed by atoms with Gasteiger partial charge in [-0.3, -0.25) is 0 Å². The molecule has 0 amide bonds. The van der Waals surface area contributed by atoms with Crippen molar-refractivity contribution in [2.75, 3.05) is 11.5 Å². The molecule has 0 fully saturated rings. The second-order valence-corrected chi connectivity index (χ2v) is 3.29. The van der Waals surface area contributed by atoms with E-state index in [0.717, 1.165) is 0 Å². The maximum absolute atomic E-state index is 8.36. The Balaban J connectivity index is 0.000000240. The first-order valence-electron chi connectivity index (χ1n) is 5.46. The zero-order valence-corrected chi connectivity index (χ0v) is 11.4. The average Bonchev–Trinajstić information content (AvgIpc) is 2.56. The van der Waals surface area contributed by atoms with E-state index in [1.807, 2.05) is 0 Å². The van der Waals surface area contributed by atoms with Crippen LogP contribution in [0.2, 0.25) is 0 Å². The molecule has 0 unspecified atom stereocenters. The van der Waals surface area contributed by atoms with Gasteiger partial charge < -0.3 is 11.5 Å². The third-order valence-corrected chi connectivity index (χ3v) is 1.89. The first kappa shape index (κ1) is 17.3. The molecule has 24 heavy (non-hydrogen) atoms. The number of nitriles is 2. The zero-order valence-electron chi connectivity index (χ0n) is 11.4. The highest BCUT2D eigenvalue weighted by Gasteiger charge is 2.03. The third-order valence-electron chi connectivity index (χ3n) is 1.89. The normalized spacial score (nSPS) is 8.25. The lowest BCUT2D eigenvalue weighted by Crippen LogP contribution is -1.99. The summed E-state index contributed by atoms with van der Waals surface area (Å²) in [6, 6.07) is 3.34. The molecule has 2 aromatic rings. The van der Waals surface area contributed by atoms with Crippen LogP contribution in [0.4, 0.5) is 23.5 Å². The van der Waals surface area contributed by atoms with Crippen LogP contribution in [0.15, 0.2) is 10.2 Å². The minimum atomic E-state index is -0.200. The van der Waals surface area contributed by atoms with E-state index in [2.05, 4.69) is 50.4 Å². The van der Waals surface area contributed by atoms with E-state index in [4.69, 9.17) is 33.1 Å². The molecule has 0 aliphatic carbocycles. The van der Waals surface area contributed by atoms with E-state index in [0.29, 0.717) is 0 Å². The van der Waals surface area contributed by atoms with E-state index in [9.17, 15) is 0 Å². The number of hydrogen-bond donors (Lipinski definition) is 2. The molecule has 4 N–H and O–H groups in total.